The molecule has 3 rings (SSSR count). The van der Waals surface area contributed by atoms with Gasteiger partial charge in [0.25, 0.3) is 5.91 Å². The van der Waals surface area contributed by atoms with Crippen molar-refractivity contribution in [1.29, 1.82) is 0 Å². The van der Waals surface area contributed by atoms with E-state index in [9.17, 15) is 18.0 Å². The fourth-order valence-electron chi connectivity index (χ4n) is 3.42. The van der Waals surface area contributed by atoms with E-state index in [1.54, 1.807) is 25.2 Å². The number of amides is 2. The van der Waals surface area contributed by atoms with E-state index in [0.29, 0.717) is 30.2 Å². The number of carbonyl (C=O) groups excluding carboxylic acids is 2. The molecule has 0 spiro atoms. The minimum Gasteiger partial charge on any atom is -0.495 e. The topological polar surface area (TPSA) is 110 Å². The van der Waals surface area contributed by atoms with E-state index in [-0.39, 0.29) is 16.5 Å². The Morgan fingerprint density at radius 2 is 1.77 bits per heavy atom. The van der Waals surface area contributed by atoms with Crippen LogP contribution in [0.25, 0.3) is 0 Å². The maximum atomic E-state index is 12.9. The van der Waals surface area contributed by atoms with Crippen LogP contribution in [0.4, 0.5) is 11.4 Å². The number of methoxy groups -OCH3 is 1. The number of hydrogen-bond donors (Lipinski definition) is 2. The summed E-state index contributed by atoms with van der Waals surface area (Å²) < 4.78 is 33.9. The molecule has 1 aromatic heterocycles. The van der Waals surface area contributed by atoms with Gasteiger partial charge in [-0.3, -0.25) is 9.59 Å². The molecule has 1 saturated heterocycles. The number of sulfonamides is 1. The summed E-state index contributed by atoms with van der Waals surface area (Å²) in [7, 11) is -0.526. The minimum atomic E-state index is -3.63. The van der Waals surface area contributed by atoms with E-state index in [0.717, 1.165) is 19.3 Å². The second-order valence-corrected chi connectivity index (χ2v) is 9.13. The molecule has 2 heterocycles. The van der Waals surface area contributed by atoms with Crippen molar-refractivity contribution in [3.05, 3.63) is 36.2 Å². The van der Waals surface area contributed by atoms with Gasteiger partial charge in [-0.1, -0.05) is 6.42 Å². The molecule has 2 aromatic rings. The maximum Gasteiger partial charge on any atom is 0.272 e. The lowest BCUT2D eigenvalue weighted by molar-refractivity contribution is -0.114. The first-order chi connectivity index (χ1) is 14.2. The smallest absolute Gasteiger partial charge is 0.272 e. The molecule has 1 fully saturated rings. The third-order valence-electron chi connectivity index (χ3n) is 4.93. The zero-order valence-electron chi connectivity index (χ0n) is 17.3. The standard InChI is InChI=1S/C20H26N4O5S/c1-14(25)21-17-11-15(7-8-19(17)29-3)22-20(26)18-12-16(13-23(18)2)30(27,28)24-9-5-4-6-10-24/h7-8,11-13H,4-6,9-10H2,1-3H3,(H,21,25)(H,22,26). The van der Waals surface area contributed by atoms with Crippen molar-refractivity contribution in [3.63, 3.8) is 0 Å². The van der Waals surface area contributed by atoms with E-state index in [1.165, 1.54) is 35.2 Å². The van der Waals surface area contributed by atoms with Gasteiger partial charge >= 0.3 is 0 Å². The highest BCUT2D eigenvalue weighted by atomic mass is 32.2. The lowest BCUT2D eigenvalue weighted by atomic mass is 10.2. The number of aromatic nitrogens is 1. The Kier molecular flexibility index (Phi) is 6.47. The predicted octanol–water partition coefficient (Wildman–Crippen LogP) is 2.42. The highest BCUT2D eigenvalue weighted by molar-refractivity contribution is 7.89. The van der Waals surface area contributed by atoms with Crippen molar-refractivity contribution in [1.82, 2.24) is 8.87 Å². The van der Waals surface area contributed by atoms with Gasteiger partial charge < -0.3 is 19.9 Å². The first-order valence-corrected chi connectivity index (χ1v) is 11.1. The van der Waals surface area contributed by atoms with Gasteiger partial charge in [-0.05, 0) is 37.1 Å². The normalized spacial score (nSPS) is 14.9. The van der Waals surface area contributed by atoms with Crippen molar-refractivity contribution >= 4 is 33.2 Å². The first-order valence-electron chi connectivity index (χ1n) is 9.66. The van der Waals surface area contributed by atoms with Gasteiger partial charge in [-0.2, -0.15) is 4.31 Å². The van der Waals surface area contributed by atoms with Crippen LogP contribution in [-0.4, -0.2) is 49.3 Å². The predicted molar refractivity (Wildman–Crippen MR) is 113 cm³/mol. The summed E-state index contributed by atoms with van der Waals surface area (Å²) in [5.74, 6) is -0.278. The summed E-state index contributed by atoms with van der Waals surface area (Å²) in [6.07, 6.45) is 4.16. The summed E-state index contributed by atoms with van der Waals surface area (Å²) in [4.78, 5) is 24.3. The Bertz CT molecular complexity index is 1060. The molecule has 0 aliphatic carbocycles. The second kappa shape index (κ2) is 8.88. The number of benzene rings is 1. The van der Waals surface area contributed by atoms with E-state index in [4.69, 9.17) is 4.74 Å². The highest BCUT2D eigenvalue weighted by Gasteiger charge is 2.28. The Morgan fingerprint density at radius 1 is 1.07 bits per heavy atom. The van der Waals surface area contributed by atoms with Crippen LogP contribution in [0.15, 0.2) is 35.4 Å². The van der Waals surface area contributed by atoms with Crippen LogP contribution in [0, 0.1) is 0 Å². The van der Waals surface area contributed by atoms with Crippen LogP contribution in [0.1, 0.15) is 36.7 Å². The number of anilines is 2. The number of nitrogens with one attached hydrogen (secondary N) is 2. The zero-order chi connectivity index (χ0) is 21.9. The SMILES string of the molecule is COc1ccc(NC(=O)c2cc(S(=O)(=O)N3CCCCC3)cn2C)cc1NC(C)=O. The van der Waals surface area contributed by atoms with Crippen LogP contribution in [0.2, 0.25) is 0 Å². The molecule has 0 bridgehead atoms. The van der Waals surface area contributed by atoms with Crippen LogP contribution in [0.3, 0.4) is 0 Å². The largest absolute Gasteiger partial charge is 0.495 e. The lowest BCUT2D eigenvalue weighted by Gasteiger charge is -2.25. The molecule has 0 atom stereocenters. The number of hydrogen-bond acceptors (Lipinski definition) is 5. The summed E-state index contributed by atoms with van der Waals surface area (Å²) in [5.41, 5.74) is 1.07. The van der Waals surface area contributed by atoms with Gasteiger partial charge in [0, 0.05) is 38.9 Å². The zero-order valence-corrected chi connectivity index (χ0v) is 18.1. The van der Waals surface area contributed by atoms with Gasteiger partial charge in [-0.15, -0.1) is 0 Å². The number of ether oxygens (including phenoxy) is 1. The van der Waals surface area contributed by atoms with Gasteiger partial charge in [0.2, 0.25) is 15.9 Å². The van der Waals surface area contributed by atoms with Gasteiger partial charge in [0.15, 0.2) is 0 Å². The highest BCUT2D eigenvalue weighted by Crippen LogP contribution is 2.28. The fraction of sp³-hybridized carbons (Fsp3) is 0.400. The Balaban J connectivity index is 1.82. The molecule has 9 nitrogen and oxygen atoms in total. The summed E-state index contributed by atoms with van der Waals surface area (Å²) in [5, 5.41) is 5.38. The molecule has 2 N–H and O–H groups in total. The Morgan fingerprint density at radius 3 is 2.40 bits per heavy atom. The molecule has 10 heteroatoms. The van der Waals surface area contributed by atoms with E-state index in [1.807, 2.05) is 0 Å². The molecule has 1 aromatic carbocycles. The fourth-order valence-corrected chi connectivity index (χ4v) is 5.01. The van der Waals surface area contributed by atoms with Gasteiger partial charge in [0.1, 0.15) is 16.3 Å². The second-order valence-electron chi connectivity index (χ2n) is 7.19. The molecule has 2 amide bonds. The van der Waals surface area contributed by atoms with Crippen LogP contribution in [-0.2, 0) is 21.9 Å². The molecule has 0 saturated carbocycles. The van der Waals surface area contributed by atoms with Gasteiger partial charge in [-0.25, -0.2) is 8.42 Å². The molecule has 1 aliphatic heterocycles. The number of piperidine rings is 1. The maximum absolute atomic E-state index is 12.9. The van der Waals surface area contributed by atoms with Crippen molar-refractivity contribution in [3.8, 4) is 5.75 Å². The summed E-state index contributed by atoms with van der Waals surface area (Å²) in [6.45, 7) is 2.37. The third-order valence-corrected chi connectivity index (χ3v) is 6.80. The summed E-state index contributed by atoms with van der Waals surface area (Å²) >= 11 is 0. The number of aryl methyl sites for hydroxylation is 1. The molecular formula is C20H26N4O5S. The minimum absolute atomic E-state index is 0.103. The molecule has 30 heavy (non-hydrogen) atoms. The number of nitrogens with zero attached hydrogens (tertiary/aromatic N) is 2. The van der Waals surface area contributed by atoms with Crippen LogP contribution in [0.5, 0.6) is 5.75 Å². The first kappa shape index (κ1) is 21.8. The van der Waals surface area contributed by atoms with Gasteiger partial charge in [0.05, 0.1) is 12.8 Å². The lowest BCUT2D eigenvalue weighted by Crippen LogP contribution is -2.35. The average Bonchev–Trinajstić information content (AvgIpc) is 3.11. The van der Waals surface area contributed by atoms with E-state index in [2.05, 4.69) is 10.6 Å². The summed E-state index contributed by atoms with van der Waals surface area (Å²) in [6, 6.07) is 6.22. The molecule has 162 valence electrons. The van der Waals surface area contributed by atoms with Crippen LogP contribution < -0.4 is 15.4 Å². The van der Waals surface area contributed by atoms with Crippen molar-refractivity contribution in [2.24, 2.45) is 7.05 Å². The number of carbonyl (C=O) groups is 2. The molecule has 0 radical (unpaired) electrons. The third kappa shape index (κ3) is 4.65. The molecule has 1 aliphatic rings. The van der Waals surface area contributed by atoms with E-state index < -0.39 is 15.9 Å². The average molecular weight is 435 g/mol. The Hall–Kier alpha value is -2.85. The molecular weight excluding hydrogens is 408 g/mol. The van der Waals surface area contributed by atoms with Crippen molar-refractivity contribution < 1.29 is 22.7 Å². The molecule has 0 unspecified atom stereocenters. The van der Waals surface area contributed by atoms with Crippen molar-refractivity contribution in [2.45, 2.75) is 31.1 Å². The van der Waals surface area contributed by atoms with Crippen LogP contribution >= 0.6 is 0 Å². The Labute approximate surface area is 176 Å². The van der Waals surface area contributed by atoms with Crippen molar-refractivity contribution in [2.75, 3.05) is 30.8 Å². The van der Waals surface area contributed by atoms with E-state index >= 15 is 0 Å². The number of rotatable bonds is 6. The monoisotopic (exact) mass is 434 g/mol. The quantitative estimate of drug-likeness (QED) is 0.726.